The number of likely N-dealkylation sites (tertiary alicyclic amines) is 1. The second-order valence-electron chi connectivity index (χ2n) is 10.2. The molecule has 8 nitrogen and oxygen atoms in total. The maximum Gasteiger partial charge on any atom is 0.250 e. The number of ether oxygens (including phenoxy) is 1. The number of rotatable bonds is 6. The number of hydrogen-bond donors (Lipinski definition) is 1. The van der Waals surface area contributed by atoms with Crippen LogP contribution in [0.3, 0.4) is 0 Å². The zero-order valence-electron chi connectivity index (χ0n) is 19.9. The topological polar surface area (TPSA) is 82.2 Å². The maximum atomic E-state index is 13.8. The van der Waals surface area contributed by atoms with E-state index >= 15 is 0 Å². The molecule has 1 aliphatic carbocycles. The van der Waals surface area contributed by atoms with Gasteiger partial charge in [0.2, 0.25) is 11.8 Å². The predicted octanol–water partition coefficient (Wildman–Crippen LogP) is 2.14. The largest absolute Gasteiger partial charge is 0.376 e. The van der Waals surface area contributed by atoms with Crippen LogP contribution in [0.25, 0.3) is 0 Å². The molecule has 3 saturated heterocycles. The third-order valence-corrected chi connectivity index (χ3v) is 8.07. The van der Waals surface area contributed by atoms with Crippen molar-refractivity contribution in [1.82, 2.24) is 15.1 Å². The van der Waals surface area contributed by atoms with Crippen LogP contribution in [-0.2, 0) is 19.1 Å². The van der Waals surface area contributed by atoms with Crippen molar-refractivity contribution < 1.29 is 19.1 Å². The lowest BCUT2D eigenvalue weighted by molar-refractivity contribution is -0.141. The molecule has 184 valence electrons. The molecule has 3 aliphatic heterocycles. The average molecular weight is 469 g/mol. The highest BCUT2D eigenvalue weighted by Crippen LogP contribution is 2.40. The van der Waals surface area contributed by atoms with Crippen LogP contribution in [0.15, 0.2) is 30.3 Å². The fourth-order valence-electron chi connectivity index (χ4n) is 6.11. The highest BCUT2D eigenvalue weighted by Gasteiger charge is 2.54. The Labute approximate surface area is 201 Å². The zero-order chi connectivity index (χ0) is 23.5. The van der Waals surface area contributed by atoms with Crippen LogP contribution in [0.1, 0.15) is 51.4 Å². The van der Waals surface area contributed by atoms with Crippen LogP contribution in [-0.4, -0.2) is 78.6 Å². The lowest BCUT2D eigenvalue weighted by atomic mass is 9.85. The fraction of sp³-hybridized carbons (Fsp3) is 0.654. The van der Waals surface area contributed by atoms with Crippen molar-refractivity contribution in [2.24, 2.45) is 5.92 Å². The lowest BCUT2D eigenvalue weighted by Crippen LogP contribution is -2.58. The Hall–Kier alpha value is -2.61. The number of hydrogen-bond acceptors (Lipinski definition) is 5. The van der Waals surface area contributed by atoms with Crippen molar-refractivity contribution in [3.05, 3.63) is 30.3 Å². The molecule has 1 saturated carbocycles. The van der Waals surface area contributed by atoms with Gasteiger partial charge in [-0.15, -0.1) is 0 Å². The van der Waals surface area contributed by atoms with Gasteiger partial charge in [-0.1, -0.05) is 31.0 Å². The van der Waals surface area contributed by atoms with E-state index in [1.807, 2.05) is 35.2 Å². The van der Waals surface area contributed by atoms with Crippen molar-refractivity contribution in [1.29, 1.82) is 0 Å². The maximum absolute atomic E-state index is 13.8. The summed E-state index contributed by atoms with van der Waals surface area (Å²) in [7, 11) is 0. The van der Waals surface area contributed by atoms with Gasteiger partial charge in [0.05, 0.1) is 12.8 Å². The molecule has 1 aromatic carbocycles. The van der Waals surface area contributed by atoms with E-state index in [-0.39, 0.29) is 36.3 Å². The fourth-order valence-corrected chi connectivity index (χ4v) is 6.11. The summed E-state index contributed by atoms with van der Waals surface area (Å²) in [6.45, 7) is 2.84. The molecule has 0 bridgehead atoms. The first-order valence-electron chi connectivity index (χ1n) is 12.9. The van der Waals surface area contributed by atoms with Crippen molar-refractivity contribution in [2.45, 2.75) is 63.0 Å². The molecule has 1 aromatic rings. The van der Waals surface area contributed by atoms with Gasteiger partial charge in [-0.2, -0.15) is 0 Å². The molecule has 3 heterocycles. The summed E-state index contributed by atoms with van der Waals surface area (Å²) in [6, 6.07) is 9.96. The number of carbonyl (C=O) groups excluding carboxylic acids is 3. The Balaban J connectivity index is 1.27. The first-order chi connectivity index (χ1) is 16.6. The minimum Gasteiger partial charge on any atom is -0.376 e. The molecule has 8 heteroatoms. The monoisotopic (exact) mass is 468 g/mol. The Morgan fingerprint density at radius 3 is 2.44 bits per heavy atom. The molecule has 4 fully saturated rings. The summed E-state index contributed by atoms with van der Waals surface area (Å²) >= 11 is 0. The molecule has 5 rings (SSSR count). The summed E-state index contributed by atoms with van der Waals surface area (Å²) in [5, 5.41) is 2.94. The molecule has 0 aromatic heterocycles. The predicted molar refractivity (Wildman–Crippen MR) is 128 cm³/mol. The number of carbonyl (C=O) groups is 3. The van der Waals surface area contributed by atoms with E-state index in [1.54, 1.807) is 4.90 Å². The Bertz CT molecular complexity index is 887. The molecule has 1 atom stereocenters. The van der Waals surface area contributed by atoms with Crippen molar-refractivity contribution in [3.63, 3.8) is 0 Å². The van der Waals surface area contributed by atoms with Crippen LogP contribution in [0.4, 0.5) is 5.69 Å². The van der Waals surface area contributed by atoms with Gasteiger partial charge >= 0.3 is 0 Å². The Kier molecular flexibility index (Phi) is 6.77. The summed E-state index contributed by atoms with van der Waals surface area (Å²) < 4.78 is 5.59. The normalized spacial score (nSPS) is 24.9. The molecule has 1 unspecified atom stereocenters. The van der Waals surface area contributed by atoms with E-state index in [4.69, 9.17) is 4.74 Å². The van der Waals surface area contributed by atoms with E-state index in [1.165, 1.54) is 0 Å². The van der Waals surface area contributed by atoms with Crippen LogP contribution in [0, 0.1) is 5.92 Å². The van der Waals surface area contributed by atoms with Crippen LogP contribution < -0.4 is 10.2 Å². The smallest absolute Gasteiger partial charge is 0.250 e. The highest BCUT2D eigenvalue weighted by atomic mass is 16.5. The second kappa shape index (κ2) is 9.94. The number of nitrogens with one attached hydrogen (secondary N) is 1. The SMILES string of the molecule is O=C(CN1CN(c2ccccc2)C2(CCN(C(=O)C3CCCC3)CC2)C1=O)NCC1CCCO1. The molecule has 1 spiro atoms. The minimum absolute atomic E-state index is 0.00316. The highest BCUT2D eigenvalue weighted by molar-refractivity contribution is 5.96. The van der Waals surface area contributed by atoms with Gasteiger partial charge in [0, 0.05) is 37.8 Å². The van der Waals surface area contributed by atoms with Gasteiger partial charge < -0.3 is 24.8 Å². The Morgan fingerprint density at radius 1 is 1.03 bits per heavy atom. The first-order valence-corrected chi connectivity index (χ1v) is 12.9. The summed E-state index contributed by atoms with van der Waals surface area (Å²) in [6.07, 6.45) is 7.50. The van der Waals surface area contributed by atoms with Gasteiger partial charge in [-0.25, -0.2) is 0 Å². The molecule has 4 aliphatic rings. The third-order valence-electron chi connectivity index (χ3n) is 8.07. The van der Waals surface area contributed by atoms with Gasteiger partial charge in [0.1, 0.15) is 12.1 Å². The van der Waals surface area contributed by atoms with E-state index in [9.17, 15) is 14.4 Å². The molecule has 3 amide bonds. The average Bonchev–Trinajstić information content (AvgIpc) is 3.63. The minimum atomic E-state index is -0.706. The lowest BCUT2D eigenvalue weighted by Gasteiger charge is -2.43. The molecular formula is C26H36N4O4. The van der Waals surface area contributed by atoms with Crippen molar-refractivity contribution in [2.75, 3.05) is 44.4 Å². The van der Waals surface area contributed by atoms with Crippen LogP contribution >= 0.6 is 0 Å². The standard InChI is InChI=1S/C26H36N4O4/c31-23(27-17-22-11-6-16-34-22)18-29-19-30(21-9-2-1-3-10-21)26(25(29)33)12-14-28(15-13-26)24(32)20-7-4-5-8-20/h1-3,9-10,20,22H,4-8,11-19H2,(H,27,31). The number of piperidine rings is 1. The summed E-state index contributed by atoms with van der Waals surface area (Å²) in [5.41, 5.74) is 0.275. The first kappa shape index (κ1) is 23.1. The molecular weight excluding hydrogens is 432 g/mol. The van der Waals surface area contributed by atoms with Crippen molar-refractivity contribution >= 4 is 23.4 Å². The number of para-hydroxylation sites is 1. The Morgan fingerprint density at radius 2 is 1.76 bits per heavy atom. The van der Waals surface area contributed by atoms with Crippen LogP contribution in [0.2, 0.25) is 0 Å². The number of amides is 3. The zero-order valence-corrected chi connectivity index (χ0v) is 19.9. The number of anilines is 1. The van der Waals surface area contributed by atoms with E-state index in [0.29, 0.717) is 39.1 Å². The second-order valence-corrected chi connectivity index (χ2v) is 10.2. The van der Waals surface area contributed by atoms with E-state index in [0.717, 1.165) is 50.8 Å². The van der Waals surface area contributed by atoms with Gasteiger partial charge in [-0.05, 0) is 50.7 Å². The molecule has 0 radical (unpaired) electrons. The number of benzene rings is 1. The molecule has 1 N–H and O–H groups in total. The molecule has 34 heavy (non-hydrogen) atoms. The van der Waals surface area contributed by atoms with Gasteiger partial charge in [-0.3, -0.25) is 14.4 Å². The van der Waals surface area contributed by atoms with E-state index < -0.39 is 5.54 Å². The quantitative estimate of drug-likeness (QED) is 0.692. The summed E-state index contributed by atoms with van der Waals surface area (Å²) in [5.74, 6) is 0.261. The van der Waals surface area contributed by atoms with Gasteiger partial charge in [0.15, 0.2) is 0 Å². The van der Waals surface area contributed by atoms with Crippen molar-refractivity contribution in [3.8, 4) is 0 Å². The third kappa shape index (κ3) is 4.52. The van der Waals surface area contributed by atoms with E-state index in [2.05, 4.69) is 10.2 Å². The van der Waals surface area contributed by atoms with Gasteiger partial charge in [0.25, 0.3) is 5.91 Å². The summed E-state index contributed by atoms with van der Waals surface area (Å²) in [4.78, 5) is 45.2. The number of nitrogens with zero attached hydrogens (tertiary/aromatic N) is 3. The van der Waals surface area contributed by atoms with Crippen LogP contribution in [0.5, 0.6) is 0 Å².